The van der Waals surface area contributed by atoms with E-state index >= 15 is 0 Å². The van der Waals surface area contributed by atoms with Gasteiger partial charge in [-0.15, -0.1) is 0 Å². The molecular weight excluding hydrogens is 641 g/mol. The number of rotatable bonds is 31. The molecule has 0 amide bonds. The van der Waals surface area contributed by atoms with Crippen LogP contribution in [0.3, 0.4) is 0 Å². The third-order valence-corrected chi connectivity index (χ3v) is 11.1. The summed E-state index contributed by atoms with van der Waals surface area (Å²) >= 11 is 0. The number of unbranched alkanes of at least 4 members (excludes halogenated alkanes) is 26. The summed E-state index contributed by atoms with van der Waals surface area (Å²) in [6.07, 6.45) is 40.2. The summed E-state index contributed by atoms with van der Waals surface area (Å²) in [6, 6.07) is 6.78. The van der Waals surface area contributed by atoms with Crippen molar-refractivity contribution >= 4 is 0 Å². The average molecular weight is 725 g/mol. The topological polar surface area (TPSA) is 80.9 Å². The van der Waals surface area contributed by atoms with Gasteiger partial charge in [0.05, 0.1) is 0 Å². The molecule has 0 radical (unpaired) electrons. The molecule has 0 aliphatic rings. The van der Waals surface area contributed by atoms with Crippen LogP contribution < -0.4 is 0 Å². The van der Waals surface area contributed by atoms with Crippen molar-refractivity contribution in [2.45, 2.75) is 233 Å². The predicted octanol–water partition coefficient (Wildman–Crippen LogP) is 15.8. The lowest BCUT2D eigenvalue weighted by molar-refractivity contribution is 0.442. The van der Waals surface area contributed by atoms with Gasteiger partial charge in [0.25, 0.3) is 0 Å². The van der Waals surface area contributed by atoms with E-state index in [1.807, 2.05) is 13.8 Å². The Labute approximate surface area is 322 Å². The molecule has 2 aromatic rings. The van der Waals surface area contributed by atoms with Crippen LogP contribution in [0.2, 0.25) is 0 Å². The molecule has 0 spiro atoms. The van der Waals surface area contributed by atoms with Crippen LogP contribution in [-0.2, 0) is 6.42 Å². The molecule has 0 fully saturated rings. The molecule has 1 unspecified atom stereocenters. The molecule has 52 heavy (non-hydrogen) atoms. The van der Waals surface area contributed by atoms with Gasteiger partial charge in [-0.3, -0.25) is 0 Å². The van der Waals surface area contributed by atoms with Crippen LogP contribution in [0.1, 0.15) is 235 Å². The highest BCUT2D eigenvalue weighted by Gasteiger charge is 2.13. The summed E-state index contributed by atoms with van der Waals surface area (Å²) in [7, 11) is 0. The largest absolute Gasteiger partial charge is 0.508 e. The standard InChI is InChI=1S/C25H44O2.C23H40O2/c1-4-5-6-7-8-9-10-11-12-13-14-15-16-17-18-21(2)23-20-24(26)22(3)19-25(23)27;1-3-4-5-6-7-8-9-10-11-12-13-14-15-16-17-21-19-22(24)20(2)18-23(21)25/h19-21,26-27H,4-18H2,1-3H3;18-19,24-25H,3-17H2,1-2H3. The maximum Gasteiger partial charge on any atom is 0.119 e. The van der Waals surface area contributed by atoms with Gasteiger partial charge in [-0.1, -0.05) is 194 Å². The van der Waals surface area contributed by atoms with Crippen LogP contribution in [-0.4, -0.2) is 20.4 Å². The zero-order valence-electron chi connectivity index (χ0n) is 34.9. The molecule has 0 aliphatic carbocycles. The Morgan fingerprint density at radius 2 is 0.712 bits per heavy atom. The lowest BCUT2D eigenvalue weighted by Crippen LogP contribution is -1.95. The molecule has 0 saturated carbocycles. The van der Waals surface area contributed by atoms with Gasteiger partial charge in [-0.25, -0.2) is 0 Å². The zero-order valence-corrected chi connectivity index (χ0v) is 34.9. The number of benzene rings is 2. The highest BCUT2D eigenvalue weighted by Crippen LogP contribution is 2.34. The van der Waals surface area contributed by atoms with Crippen LogP contribution in [0.5, 0.6) is 23.0 Å². The predicted molar refractivity (Wildman–Crippen MR) is 226 cm³/mol. The molecule has 0 bridgehead atoms. The van der Waals surface area contributed by atoms with Gasteiger partial charge in [0.2, 0.25) is 0 Å². The maximum absolute atomic E-state index is 10.1. The molecule has 1 atom stereocenters. The first-order chi connectivity index (χ1) is 25.2. The van der Waals surface area contributed by atoms with Gasteiger partial charge in [-0.2, -0.15) is 0 Å². The fourth-order valence-corrected chi connectivity index (χ4v) is 7.33. The first kappa shape index (κ1) is 47.7. The van der Waals surface area contributed by atoms with Crippen molar-refractivity contribution < 1.29 is 20.4 Å². The van der Waals surface area contributed by atoms with Gasteiger partial charge in [0.15, 0.2) is 0 Å². The Bertz CT molecular complexity index is 1130. The first-order valence-electron chi connectivity index (χ1n) is 22.2. The van der Waals surface area contributed by atoms with Crippen molar-refractivity contribution in [1.82, 2.24) is 0 Å². The summed E-state index contributed by atoms with van der Waals surface area (Å²) in [6.45, 7) is 10.3. The molecule has 0 aromatic heterocycles. The fourth-order valence-electron chi connectivity index (χ4n) is 7.33. The SMILES string of the molecule is CCCCCCCCCCCCCCCCC(C)c1cc(O)c(C)cc1O.CCCCCCCCCCCCCCCCc1cc(O)c(C)cc1O. The molecule has 4 nitrogen and oxygen atoms in total. The lowest BCUT2D eigenvalue weighted by atomic mass is 9.92. The van der Waals surface area contributed by atoms with Crippen molar-refractivity contribution in [3.63, 3.8) is 0 Å². The molecule has 300 valence electrons. The van der Waals surface area contributed by atoms with E-state index in [1.54, 1.807) is 24.3 Å². The molecule has 0 aliphatic heterocycles. The third kappa shape index (κ3) is 24.1. The van der Waals surface area contributed by atoms with Crippen LogP contribution in [0, 0.1) is 13.8 Å². The van der Waals surface area contributed by atoms with E-state index in [2.05, 4.69) is 20.8 Å². The van der Waals surface area contributed by atoms with Crippen LogP contribution >= 0.6 is 0 Å². The summed E-state index contributed by atoms with van der Waals surface area (Å²) in [5.74, 6) is 1.52. The minimum absolute atomic E-state index is 0.288. The van der Waals surface area contributed by atoms with Gasteiger partial charge in [0, 0.05) is 5.56 Å². The fraction of sp³-hybridized carbons (Fsp3) is 0.750. The summed E-state index contributed by atoms with van der Waals surface area (Å²) < 4.78 is 0. The van der Waals surface area contributed by atoms with E-state index < -0.39 is 0 Å². The second kappa shape index (κ2) is 32.1. The van der Waals surface area contributed by atoms with E-state index in [9.17, 15) is 20.4 Å². The third-order valence-electron chi connectivity index (χ3n) is 11.1. The van der Waals surface area contributed by atoms with Crippen LogP contribution in [0.15, 0.2) is 24.3 Å². The minimum Gasteiger partial charge on any atom is -0.508 e. The van der Waals surface area contributed by atoms with Crippen molar-refractivity contribution in [2.75, 3.05) is 0 Å². The molecule has 4 heteroatoms. The molecular formula is C48H84O4. The number of phenolic OH excluding ortho intramolecular Hbond substituents is 4. The molecule has 0 saturated heterocycles. The van der Waals surface area contributed by atoms with Crippen molar-refractivity contribution in [3.05, 3.63) is 46.5 Å². The molecule has 0 heterocycles. The Kier molecular flexibility index (Phi) is 29.4. The monoisotopic (exact) mass is 725 g/mol. The summed E-state index contributed by atoms with van der Waals surface area (Å²) in [5.41, 5.74) is 3.23. The zero-order chi connectivity index (χ0) is 38.2. The average Bonchev–Trinajstić information content (AvgIpc) is 3.12. The Hall–Kier alpha value is -2.36. The number of aryl methyl sites for hydroxylation is 3. The molecule has 4 N–H and O–H groups in total. The quantitative estimate of drug-likeness (QED) is 0.0461. The van der Waals surface area contributed by atoms with Crippen molar-refractivity contribution in [1.29, 1.82) is 0 Å². The van der Waals surface area contributed by atoms with Gasteiger partial charge >= 0.3 is 0 Å². The maximum atomic E-state index is 10.1. The lowest BCUT2D eigenvalue weighted by Gasteiger charge is -2.15. The van der Waals surface area contributed by atoms with Gasteiger partial charge in [0.1, 0.15) is 23.0 Å². The van der Waals surface area contributed by atoms with Gasteiger partial charge in [-0.05, 0) is 80.0 Å². The number of phenols is 4. The van der Waals surface area contributed by atoms with E-state index in [-0.39, 0.29) is 11.5 Å². The van der Waals surface area contributed by atoms with E-state index in [1.165, 1.54) is 173 Å². The number of hydrogen-bond acceptors (Lipinski definition) is 4. The molecule has 2 rings (SSSR count). The summed E-state index contributed by atoms with van der Waals surface area (Å²) in [4.78, 5) is 0. The Balaban J connectivity index is 0.000000522. The van der Waals surface area contributed by atoms with E-state index in [0.717, 1.165) is 41.5 Å². The second-order valence-electron chi connectivity index (χ2n) is 16.1. The smallest absolute Gasteiger partial charge is 0.119 e. The normalized spacial score (nSPS) is 11.8. The Morgan fingerprint density at radius 1 is 0.385 bits per heavy atom. The molecule has 2 aromatic carbocycles. The highest BCUT2D eigenvalue weighted by atomic mass is 16.3. The Morgan fingerprint density at radius 3 is 1.12 bits per heavy atom. The number of aromatic hydroxyl groups is 4. The van der Waals surface area contributed by atoms with Crippen molar-refractivity contribution in [3.8, 4) is 23.0 Å². The van der Waals surface area contributed by atoms with Crippen LogP contribution in [0.25, 0.3) is 0 Å². The first-order valence-corrected chi connectivity index (χ1v) is 22.2. The van der Waals surface area contributed by atoms with Crippen molar-refractivity contribution in [2.24, 2.45) is 0 Å². The highest BCUT2D eigenvalue weighted by molar-refractivity contribution is 5.46. The second-order valence-corrected chi connectivity index (χ2v) is 16.1. The van der Waals surface area contributed by atoms with Gasteiger partial charge < -0.3 is 20.4 Å². The number of hydrogen-bond donors (Lipinski definition) is 4. The van der Waals surface area contributed by atoms with Crippen LogP contribution in [0.4, 0.5) is 0 Å². The summed E-state index contributed by atoms with van der Waals surface area (Å²) in [5, 5.41) is 39.6. The van der Waals surface area contributed by atoms with E-state index in [4.69, 9.17) is 0 Å². The van der Waals surface area contributed by atoms with E-state index in [0.29, 0.717) is 17.4 Å². The minimum atomic E-state index is 0.288.